The molecule has 1 fully saturated rings. The van der Waals surface area contributed by atoms with Crippen LogP contribution in [0.25, 0.3) is 22.4 Å². The third-order valence-corrected chi connectivity index (χ3v) is 9.83. The second kappa shape index (κ2) is 16.3. The van der Waals surface area contributed by atoms with Gasteiger partial charge in [0.15, 0.2) is 0 Å². The SMILES string of the molecule is CS(=O)(=O)CCS(=O)(=O)O.Cc1cc(-c2nc3cc(CC[C@H](C(=O)OC(C)C)[C@@H](C)O)ccc3n2CC2CCOCC2)cn(C)c1=O. The molecule has 262 valence electrons. The molecular weight excluding hydrogens is 650 g/mol. The molecule has 0 radical (unpaired) electrons. The van der Waals surface area contributed by atoms with Crippen molar-refractivity contribution in [2.75, 3.05) is 31.0 Å². The van der Waals surface area contributed by atoms with Crippen LogP contribution in [0.4, 0.5) is 0 Å². The summed E-state index contributed by atoms with van der Waals surface area (Å²) in [5.74, 6) is -0.860. The van der Waals surface area contributed by atoms with E-state index in [0.29, 0.717) is 24.3 Å². The second-order valence-corrected chi connectivity index (χ2v) is 16.4. The van der Waals surface area contributed by atoms with Crippen molar-refractivity contribution in [3.05, 3.63) is 51.9 Å². The summed E-state index contributed by atoms with van der Waals surface area (Å²) >= 11 is 0. The van der Waals surface area contributed by atoms with Crippen molar-refractivity contribution in [1.29, 1.82) is 0 Å². The summed E-state index contributed by atoms with van der Waals surface area (Å²) in [5, 5.41) is 10.2. The number of imidazole rings is 1. The van der Waals surface area contributed by atoms with E-state index in [4.69, 9.17) is 19.0 Å². The average molecular weight is 698 g/mol. The molecule has 0 bridgehead atoms. The van der Waals surface area contributed by atoms with E-state index < -0.39 is 43.5 Å². The summed E-state index contributed by atoms with van der Waals surface area (Å²) in [4.78, 5) is 29.8. The number of carbonyl (C=O) groups is 1. The molecule has 1 aliphatic rings. The van der Waals surface area contributed by atoms with Gasteiger partial charge in [-0.2, -0.15) is 8.42 Å². The Kier molecular flexibility index (Phi) is 13.3. The van der Waals surface area contributed by atoms with Gasteiger partial charge in [0.25, 0.3) is 15.7 Å². The van der Waals surface area contributed by atoms with Gasteiger partial charge in [0.05, 0.1) is 40.7 Å². The molecule has 0 unspecified atom stereocenters. The number of hydrogen-bond donors (Lipinski definition) is 2. The van der Waals surface area contributed by atoms with Gasteiger partial charge in [0.1, 0.15) is 15.7 Å². The molecule has 47 heavy (non-hydrogen) atoms. The molecular formula is C32H47N3O10S2. The van der Waals surface area contributed by atoms with Crippen LogP contribution in [-0.2, 0) is 54.2 Å². The van der Waals surface area contributed by atoms with Gasteiger partial charge < -0.3 is 23.7 Å². The Bertz CT molecular complexity index is 1750. The molecule has 0 spiro atoms. The van der Waals surface area contributed by atoms with Gasteiger partial charge in [-0.25, -0.2) is 13.4 Å². The van der Waals surface area contributed by atoms with E-state index in [1.165, 1.54) is 0 Å². The quantitative estimate of drug-likeness (QED) is 0.210. The van der Waals surface area contributed by atoms with Crippen LogP contribution < -0.4 is 5.56 Å². The number of nitrogens with zero attached hydrogens (tertiary/aromatic N) is 3. The van der Waals surface area contributed by atoms with Crippen molar-refractivity contribution in [2.24, 2.45) is 18.9 Å². The molecule has 15 heteroatoms. The first-order valence-electron chi connectivity index (χ1n) is 15.6. The predicted molar refractivity (Wildman–Crippen MR) is 180 cm³/mol. The zero-order valence-corrected chi connectivity index (χ0v) is 29.5. The van der Waals surface area contributed by atoms with Crippen LogP contribution in [-0.4, -0.2) is 89.8 Å². The van der Waals surface area contributed by atoms with Crippen molar-refractivity contribution in [3.8, 4) is 11.4 Å². The third kappa shape index (κ3) is 11.8. The molecule has 3 aromatic rings. The van der Waals surface area contributed by atoms with Gasteiger partial charge in [-0.15, -0.1) is 0 Å². The number of aliphatic hydroxyl groups excluding tert-OH is 1. The minimum Gasteiger partial charge on any atom is -0.463 e. The average Bonchev–Trinajstić information content (AvgIpc) is 3.31. The monoisotopic (exact) mass is 697 g/mol. The number of aromatic nitrogens is 3. The van der Waals surface area contributed by atoms with Crippen LogP contribution in [0.15, 0.2) is 35.3 Å². The fraction of sp³-hybridized carbons (Fsp3) is 0.594. The normalized spacial score (nSPS) is 15.7. The van der Waals surface area contributed by atoms with E-state index in [1.807, 2.05) is 33.0 Å². The standard InChI is InChI=1S/C29H39N3O5.C3H8O5S2/c1-18(2)37-29(35)24(20(4)33)8-6-21-7-9-26-25(15-21)30-27(23-14-19(3)28(34)31(5)17-23)32(26)16-22-10-12-36-13-11-22;1-9(4,5)2-3-10(6,7)8/h7,9,14-15,17-18,20,22,24,33H,6,8,10-13,16H2,1-5H3;2-3H2,1H3,(H,6,7,8)/t20-,24+;/m1./s1. The van der Waals surface area contributed by atoms with E-state index in [2.05, 4.69) is 22.8 Å². The molecule has 1 aromatic carbocycles. The fourth-order valence-electron chi connectivity index (χ4n) is 5.38. The van der Waals surface area contributed by atoms with E-state index in [0.717, 1.165) is 66.8 Å². The Morgan fingerprint density at radius 3 is 2.30 bits per heavy atom. The zero-order chi connectivity index (χ0) is 35.1. The number of esters is 1. The zero-order valence-electron chi connectivity index (χ0n) is 27.9. The molecule has 3 heterocycles. The number of pyridine rings is 1. The summed E-state index contributed by atoms with van der Waals surface area (Å²) < 4.78 is 63.4. The van der Waals surface area contributed by atoms with E-state index in [1.54, 1.807) is 18.5 Å². The highest BCUT2D eigenvalue weighted by Gasteiger charge is 2.26. The topological polar surface area (TPSA) is 184 Å². The summed E-state index contributed by atoms with van der Waals surface area (Å²) in [6.45, 7) is 9.48. The van der Waals surface area contributed by atoms with Crippen molar-refractivity contribution in [2.45, 2.75) is 72.1 Å². The number of hydrogen-bond acceptors (Lipinski definition) is 10. The van der Waals surface area contributed by atoms with Crippen LogP contribution in [0.3, 0.4) is 0 Å². The molecule has 13 nitrogen and oxygen atoms in total. The first-order valence-corrected chi connectivity index (χ1v) is 19.3. The maximum atomic E-state index is 12.5. The smallest absolute Gasteiger partial charge is 0.311 e. The van der Waals surface area contributed by atoms with Crippen molar-refractivity contribution < 1.29 is 40.8 Å². The van der Waals surface area contributed by atoms with E-state index in [9.17, 15) is 31.5 Å². The lowest BCUT2D eigenvalue weighted by Gasteiger charge is -2.23. The number of benzene rings is 1. The minimum absolute atomic E-state index is 0.0122. The maximum absolute atomic E-state index is 12.5. The predicted octanol–water partition coefficient (Wildman–Crippen LogP) is 2.94. The van der Waals surface area contributed by atoms with Crippen molar-refractivity contribution in [3.63, 3.8) is 0 Å². The highest BCUT2D eigenvalue weighted by molar-refractivity contribution is 7.92. The lowest BCUT2D eigenvalue weighted by Crippen LogP contribution is -2.30. The maximum Gasteiger partial charge on any atom is 0.311 e. The molecule has 2 atom stereocenters. The Balaban J connectivity index is 0.000000520. The van der Waals surface area contributed by atoms with Gasteiger partial charge in [-0.3, -0.25) is 14.1 Å². The lowest BCUT2D eigenvalue weighted by molar-refractivity contribution is -0.156. The van der Waals surface area contributed by atoms with Crippen LogP contribution in [0.1, 0.15) is 51.2 Å². The molecule has 0 saturated carbocycles. The van der Waals surface area contributed by atoms with Gasteiger partial charge in [0, 0.05) is 50.4 Å². The Morgan fingerprint density at radius 1 is 1.11 bits per heavy atom. The first kappa shape index (κ1) is 38.3. The van der Waals surface area contributed by atoms with Crippen LogP contribution in [0.5, 0.6) is 0 Å². The highest BCUT2D eigenvalue weighted by Crippen LogP contribution is 2.29. The summed E-state index contributed by atoms with van der Waals surface area (Å²) in [6.07, 6.45) is 4.89. The van der Waals surface area contributed by atoms with Crippen LogP contribution in [0, 0.1) is 18.8 Å². The summed E-state index contributed by atoms with van der Waals surface area (Å²) in [6, 6.07) is 8.16. The second-order valence-electron chi connectivity index (χ2n) is 12.5. The van der Waals surface area contributed by atoms with E-state index in [-0.39, 0.29) is 17.6 Å². The molecule has 2 N–H and O–H groups in total. The number of sulfone groups is 1. The minimum atomic E-state index is -4.14. The molecule has 1 aliphatic heterocycles. The molecule has 1 saturated heterocycles. The summed E-state index contributed by atoms with van der Waals surface area (Å²) in [7, 11) is -5.66. The first-order chi connectivity index (χ1) is 21.8. The van der Waals surface area contributed by atoms with Gasteiger partial charge >= 0.3 is 5.97 Å². The van der Waals surface area contributed by atoms with Crippen molar-refractivity contribution >= 4 is 37.0 Å². The van der Waals surface area contributed by atoms with Crippen molar-refractivity contribution in [1.82, 2.24) is 14.1 Å². The molecule has 4 rings (SSSR count). The highest BCUT2D eigenvalue weighted by atomic mass is 32.2. The largest absolute Gasteiger partial charge is 0.463 e. The Labute approximate surface area is 276 Å². The van der Waals surface area contributed by atoms with Gasteiger partial charge in [-0.05, 0) is 83.1 Å². The van der Waals surface area contributed by atoms with E-state index >= 15 is 0 Å². The van der Waals surface area contributed by atoms with Crippen LogP contribution >= 0.6 is 0 Å². The summed E-state index contributed by atoms with van der Waals surface area (Å²) in [5.41, 5.74) is 4.56. The molecule has 0 aliphatic carbocycles. The number of aryl methyl sites for hydroxylation is 3. The number of rotatable bonds is 12. The van der Waals surface area contributed by atoms with Gasteiger partial charge in [-0.1, -0.05) is 6.07 Å². The number of fused-ring (bicyclic) bond motifs is 1. The number of carbonyl (C=O) groups excluding carboxylic acids is 1. The lowest BCUT2D eigenvalue weighted by atomic mass is 9.95. The van der Waals surface area contributed by atoms with Gasteiger partial charge in [0.2, 0.25) is 0 Å². The van der Waals surface area contributed by atoms with Crippen LogP contribution in [0.2, 0.25) is 0 Å². The molecule has 0 amide bonds. The molecule has 2 aromatic heterocycles. The number of aliphatic hydroxyl groups is 1. The Hall–Kier alpha value is -3.11. The fourth-order valence-corrected chi connectivity index (χ4v) is 7.43. The third-order valence-electron chi connectivity index (χ3n) is 7.91. The number of ether oxygens (including phenoxy) is 2. The Morgan fingerprint density at radius 2 is 1.77 bits per heavy atom.